The first kappa shape index (κ1) is 42.6. The maximum absolute atomic E-state index is 12.8. The summed E-state index contributed by atoms with van der Waals surface area (Å²) in [5, 5.41) is 63.9. The van der Waals surface area contributed by atoms with E-state index in [1.165, 1.54) is 31.3 Å². The molecule has 55 heavy (non-hydrogen) atoms. The molecule has 2 aromatic carbocycles. The number of aliphatic hydroxyl groups is 2. The fraction of sp³-hybridized carbons (Fsp3) is 0.103. The second-order valence-electron chi connectivity index (χ2n) is 9.98. The van der Waals surface area contributed by atoms with Gasteiger partial charge in [-0.3, -0.25) is 13.9 Å². The summed E-state index contributed by atoms with van der Waals surface area (Å²) in [5.74, 6) is -1.20. The van der Waals surface area contributed by atoms with Crippen LogP contribution in [0.3, 0.4) is 0 Å². The number of benzene rings is 2. The summed E-state index contributed by atoms with van der Waals surface area (Å²) >= 11 is 0.788. The summed E-state index contributed by atoms with van der Waals surface area (Å²) < 4.78 is 82.5. The number of carbonyl (C=O) groups is 2. The van der Waals surface area contributed by atoms with Crippen LogP contribution in [0.5, 0.6) is 5.88 Å². The van der Waals surface area contributed by atoms with Gasteiger partial charge in [0.25, 0.3) is 26.0 Å². The number of ketones is 1. The zero-order chi connectivity index (χ0) is 40.5. The van der Waals surface area contributed by atoms with Crippen molar-refractivity contribution in [1.29, 1.82) is 0 Å². The van der Waals surface area contributed by atoms with Crippen LogP contribution in [0.1, 0.15) is 23.0 Å². The highest BCUT2D eigenvalue weighted by atomic mass is 32.2. The van der Waals surface area contributed by atoms with Gasteiger partial charge in [-0.05, 0) is 49.4 Å². The molecular weight excluding hydrogens is 821 g/mol. The van der Waals surface area contributed by atoms with Gasteiger partial charge < -0.3 is 20.1 Å². The van der Waals surface area contributed by atoms with Gasteiger partial charge in [0.2, 0.25) is 5.88 Å². The quantitative estimate of drug-likeness (QED) is 0.0207. The number of aliphatic hydroxyl groups excluding tert-OH is 2. The Kier molecular flexibility index (Phi) is 14.3. The van der Waals surface area contributed by atoms with E-state index in [4.69, 9.17) is 20.4 Å². The number of hydrogen-bond donors (Lipinski definition) is 7. The van der Waals surface area contributed by atoms with Crippen LogP contribution >= 0.6 is 24.1 Å². The molecule has 0 spiro atoms. The third-order valence-corrected chi connectivity index (χ3v) is 9.67. The molecule has 22 nitrogen and oxygen atoms in total. The third-order valence-electron chi connectivity index (χ3n) is 6.71. The highest BCUT2D eigenvalue weighted by molar-refractivity contribution is 7.94. The summed E-state index contributed by atoms with van der Waals surface area (Å²) in [7, 11) is -9.92. The summed E-state index contributed by atoms with van der Waals surface area (Å²) in [6.45, 7) is 1.35. The maximum Gasteiger partial charge on any atom is 0.359 e. The first-order valence-electron chi connectivity index (χ1n) is 14.4. The van der Waals surface area contributed by atoms with Gasteiger partial charge >= 0.3 is 5.97 Å². The Balaban J connectivity index is 1.77. The molecule has 2 heterocycles. The fourth-order valence-corrected chi connectivity index (χ4v) is 6.66. The lowest BCUT2D eigenvalue weighted by Crippen LogP contribution is -2.29. The molecule has 3 aromatic rings. The van der Waals surface area contributed by atoms with Gasteiger partial charge in [-0.1, -0.05) is 34.4 Å². The van der Waals surface area contributed by atoms with Crippen molar-refractivity contribution < 1.29 is 84.8 Å². The normalized spacial score (nSPS) is 15.5. The molecule has 292 valence electrons. The van der Waals surface area contributed by atoms with Crippen LogP contribution in [-0.4, -0.2) is 91.9 Å². The maximum atomic E-state index is 12.8. The third kappa shape index (κ3) is 10.1. The fourth-order valence-electron chi connectivity index (χ4n) is 4.57. The van der Waals surface area contributed by atoms with Gasteiger partial charge in [-0.15, -0.1) is 8.67 Å². The zero-order valence-electron chi connectivity index (χ0n) is 27.2. The minimum absolute atomic E-state index is 0.0595. The van der Waals surface area contributed by atoms with E-state index >= 15 is 0 Å². The number of anilines is 1. The average molecular weight is 845 g/mol. The molecule has 0 aliphatic carbocycles. The lowest BCUT2D eigenvalue weighted by atomic mass is 10.1. The Morgan fingerprint density at radius 2 is 1.51 bits per heavy atom. The van der Waals surface area contributed by atoms with Gasteiger partial charge in [0.1, 0.15) is 21.6 Å². The molecule has 1 atom stereocenters. The number of nitrogens with zero attached hydrogens (tertiary/aromatic N) is 4. The van der Waals surface area contributed by atoms with Crippen LogP contribution in [0.15, 0.2) is 91.0 Å². The van der Waals surface area contributed by atoms with Gasteiger partial charge in [-0.2, -0.15) is 31.7 Å². The summed E-state index contributed by atoms with van der Waals surface area (Å²) in [6.07, 6.45) is 5.38. The van der Waals surface area contributed by atoms with Crippen LogP contribution in [0.25, 0.3) is 11.8 Å². The average Bonchev–Trinajstić information content (AvgIpc) is 3.64. The standard InChI is InChI=1S/C29H24N4O18S4/c1-2-47-29(38)26-19(28(37)33(31-26)21-15-17(53-51-49-40)9-11-24(21)55(44,45)46)7-5-3-4-6-18-25(22(35)12-13-34)30-32(27(18)36)20-14-16(52-50-48-39)8-10-23(20)54(41,42)43/h3-11,14-15,27,34,36-37,39-40H,2H2,1H3,(H,41,42,43)(H,44,45,46)/b4-3?,7-5?,18-6-/t27-/m1/s1. The van der Waals surface area contributed by atoms with Crippen molar-refractivity contribution in [3.05, 3.63) is 77.5 Å². The van der Waals surface area contributed by atoms with Crippen molar-refractivity contribution in [2.75, 3.05) is 11.6 Å². The highest BCUT2D eigenvalue weighted by Crippen LogP contribution is 2.37. The molecular formula is C29H24N4O18S4. The minimum Gasteiger partial charge on any atom is -0.493 e. The number of esters is 1. The number of hydrogen-bond acceptors (Lipinski definition) is 21. The Morgan fingerprint density at radius 3 is 2.05 bits per heavy atom. The first-order chi connectivity index (χ1) is 26.1. The molecule has 7 N–H and O–H groups in total. The van der Waals surface area contributed by atoms with Gasteiger partial charge in [0.15, 0.2) is 11.9 Å². The second kappa shape index (κ2) is 18.5. The molecule has 0 saturated heterocycles. The minimum atomic E-state index is -4.97. The van der Waals surface area contributed by atoms with Crippen LogP contribution in [-0.2, 0) is 48.5 Å². The van der Waals surface area contributed by atoms with Crippen LogP contribution in [0, 0.1) is 12.0 Å². The Bertz CT molecular complexity index is 2380. The Labute approximate surface area is 317 Å². The van der Waals surface area contributed by atoms with E-state index in [1.807, 2.05) is 5.92 Å². The molecule has 0 unspecified atom stereocenters. The predicted molar refractivity (Wildman–Crippen MR) is 185 cm³/mol. The number of aromatic nitrogens is 2. The second-order valence-corrected chi connectivity index (χ2v) is 14.3. The number of ether oxygens (including phenoxy) is 1. The van der Waals surface area contributed by atoms with Crippen molar-refractivity contribution in [2.45, 2.75) is 32.7 Å². The molecule has 0 saturated carbocycles. The van der Waals surface area contributed by atoms with E-state index in [0.29, 0.717) is 33.8 Å². The van der Waals surface area contributed by atoms with Crippen molar-refractivity contribution in [3.63, 3.8) is 0 Å². The topological polar surface area (TPSA) is 324 Å². The molecule has 1 aromatic heterocycles. The molecule has 1 aliphatic rings. The number of rotatable bonds is 16. The van der Waals surface area contributed by atoms with Crippen molar-refractivity contribution >= 4 is 73.5 Å². The number of aromatic hydroxyl groups is 1. The highest BCUT2D eigenvalue weighted by Gasteiger charge is 2.37. The van der Waals surface area contributed by atoms with E-state index in [9.17, 15) is 45.7 Å². The smallest absolute Gasteiger partial charge is 0.359 e. The van der Waals surface area contributed by atoms with E-state index in [0.717, 1.165) is 48.6 Å². The first-order valence-corrected chi connectivity index (χ1v) is 18.8. The SMILES string of the molecule is CCOC(=O)c1nn(-c2cc(SOOO)ccc2S(=O)(=O)O)c(O)c1C=CC=C/C=C1/C(C(=O)C#CO)=NN(c2cc(SOOO)ccc2S(=O)(=O)O)[C@@H]1O. The molecule has 1 aliphatic heterocycles. The van der Waals surface area contributed by atoms with E-state index in [-0.39, 0.29) is 27.5 Å². The lowest BCUT2D eigenvalue weighted by molar-refractivity contribution is -0.432. The van der Waals surface area contributed by atoms with E-state index in [1.54, 1.807) is 0 Å². The number of Topliss-reactive ketones (excluding diaryl/α,β-unsaturated/α-hetero) is 1. The van der Waals surface area contributed by atoms with Crippen LogP contribution < -0.4 is 5.01 Å². The predicted octanol–water partition coefficient (Wildman–Crippen LogP) is 2.70. The van der Waals surface area contributed by atoms with Crippen molar-refractivity contribution in [2.24, 2.45) is 5.10 Å². The van der Waals surface area contributed by atoms with Gasteiger partial charge in [-0.25, -0.2) is 20.3 Å². The Hall–Kier alpha value is -5.12. The molecule has 0 fully saturated rings. The van der Waals surface area contributed by atoms with Crippen LogP contribution in [0.4, 0.5) is 5.69 Å². The molecule has 4 rings (SSSR count). The van der Waals surface area contributed by atoms with Crippen molar-refractivity contribution in [1.82, 2.24) is 9.78 Å². The van der Waals surface area contributed by atoms with E-state index < -0.39 is 76.7 Å². The van der Waals surface area contributed by atoms with Crippen molar-refractivity contribution in [3.8, 4) is 23.6 Å². The summed E-state index contributed by atoms with van der Waals surface area (Å²) in [6, 6.07) is 6.20. The summed E-state index contributed by atoms with van der Waals surface area (Å²) in [5.41, 5.74) is -2.68. The van der Waals surface area contributed by atoms with E-state index in [2.05, 4.69) is 28.9 Å². The molecule has 0 radical (unpaired) electrons. The van der Waals surface area contributed by atoms with Crippen LogP contribution in [0.2, 0.25) is 0 Å². The zero-order valence-corrected chi connectivity index (χ0v) is 30.4. The number of carbonyl (C=O) groups excluding carboxylic acids is 2. The van der Waals surface area contributed by atoms with Gasteiger partial charge in [0.05, 0.1) is 47.6 Å². The number of hydrazone groups is 1. The summed E-state index contributed by atoms with van der Waals surface area (Å²) in [4.78, 5) is 24.1. The molecule has 0 amide bonds. The monoisotopic (exact) mass is 844 g/mol. The molecule has 0 bridgehead atoms. The molecule has 26 heteroatoms. The lowest BCUT2D eigenvalue weighted by Gasteiger charge is -2.22. The largest absolute Gasteiger partial charge is 0.493 e. The van der Waals surface area contributed by atoms with Gasteiger partial charge in [0, 0.05) is 21.3 Å². The Morgan fingerprint density at radius 1 is 0.927 bits per heavy atom. The number of allylic oxidation sites excluding steroid dienone is 4.